The summed E-state index contributed by atoms with van der Waals surface area (Å²) in [5.41, 5.74) is 6.79. The molecule has 0 aromatic heterocycles. The molecule has 2 aromatic rings. The van der Waals surface area contributed by atoms with Crippen molar-refractivity contribution in [1.82, 2.24) is 4.90 Å². The van der Waals surface area contributed by atoms with Gasteiger partial charge in [-0.15, -0.1) is 0 Å². The first-order valence-corrected chi connectivity index (χ1v) is 8.91. The molecule has 0 aliphatic heterocycles. The monoisotopic (exact) mass is 352 g/mol. The Morgan fingerprint density at radius 2 is 1.81 bits per heavy atom. The van der Waals surface area contributed by atoms with Crippen molar-refractivity contribution in [2.24, 2.45) is 4.99 Å². The largest absolute Gasteiger partial charge is 0.457 e. The molecule has 0 aliphatic rings. The molecule has 0 aliphatic carbocycles. The van der Waals surface area contributed by atoms with Crippen LogP contribution in [0.15, 0.2) is 35.3 Å². The van der Waals surface area contributed by atoms with E-state index in [9.17, 15) is 4.79 Å². The molecule has 0 saturated heterocycles. The topological polar surface area (TPSA) is 41.9 Å². The van der Waals surface area contributed by atoms with E-state index in [1.165, 1.54) is 11.1 Å². The third-order valence-corrected chi connectivity index (χ3v) is 4.81. The minimum atomic E-state index is -0.301. The Morgan fingerprint density at radius 3 is 2.46 bits per heavy atom. The second-order valence-electron chi connectivity index (χ2n) is 6.69. The molecule has 4 heteroatoms. The molecule has 26 heavy (non-hydrogen) atoms. The zero-order chi connectivity index (χ0) is 19.3. The van der Waals surface area contributed by atoms with Gasteiger partial charge in [-0.3, -0.25) is 0 Å². The van der Waals surface area contributed by atoms with Crippen LogP contribution in [0.5, 0.6) is 0 Å². The van der Waals surface area contributed by atoms with E-state index in [-0.39, 0.29) is 12.6 Å². The van der Waals surface area contributed by atoms with E-state index >= 15 is 0 Å². The number of rotatable bonds is 6. The lowest BCUT2D eigenvalue weighted by Gasteiger charge is -2.13. The van der Waals surface area contributed by atoms with Gasteiger partial charge in [0.05, 0.1) is 17.6 Å². The maximum atomic E-state index is 12.5. The highest BCUT2D eigenvalue weighted by atomic mass is 16.5. The van der Waals surface area contributed by atoms with Crippen LogP contribution in [0.25, 0.3) is 0 Å². The van der Waals surface area contributed by atoms with Crippen molar-refractivity contribution in [2.75, 3.05) is 13.6 Å². The van der Waals surface area contributed by atoms with Crippen LogP contribution in [0.1, 0.15) is 45.1 Å². The van der Waals surface area contributed by atoms with Gasteiger partial charge in [-0.05, 0) is 74.6 Å². The van der Waals surface area contributed by atoms with Gasteiger partial charge >= 0.3 is 5.97 Å². The summed E-state index contributed by atoms with van der Waals surface area (Å²) in [6, 6.07) is 9.77. The summed E-state index contributed by atoms with van der Waals surface area (Å²) in [6.07, 6.45) is 1.81. The van der Waals surface area contributed by atoms with Crippen molar-refractivity contribution in [3.63, 3.8) is 0 Å². The Morgan fingerprint density at radius 1 is 1.08 bits per heavy atom. The van der Waals surface area contributed by atoms with E-state index in [0.29, 0.717) is 5.56 Å². The van der Waals surface area contributed by atoms with Crippen LogP contribution >= 0.6 is 0 Å². The Kier molecular flexibility index (Phi) is 6.56. The van der Waals surface area contributed by atoms with Crippen molar-refractivity contribution < 1.29 is 9.53 Å². The summed E-state index contributed by atoms with van der Waals surface area (Å²) >= 11 is 0. The summed E-state index contributed by atoms with van der Waals surface area (Å²) < 4.78 is 5.51. The van der Waals surface area contributed by atoms with E-state index in [1.807, 2.05) is 44.0 Å². The minimum Gasteiger partial charge on any atom is -0.457 e. The Balaban J connectivity index is 2.12. The highest BCUT2D eigenvalue weighted by Crippen LogP contribution is 2.25. The number of nitrogens with zero attached hydrogens (tertiary/aromatic N) is 2. The predicted molar refractivity (Wildman–Crippen MR) is 107 cm³/mol. The lowest BCUT2D eigenvalue weighted by atomic mass is 10.0. The van der Waals surface area contributed by atoms with Crippen LogP contribution in [0, 0.1) is 27.7 Å². The van der Waals surface area contributed by atoms with Crippen LogP contribution in [0.4, 0.5) is 5.69 Å². The maximum absolute atomic E-state index is 12.5. The molecule has 4 nitrogen and oxygen atoms in total. The van der Waals surface area contributed by atoms with Crippen molar-refractivity contribution in [3.05, 3.63) is 63.7 Å². The molecule has 0 spiro atoms. The fourth-order valence-corrected chi connectivity index (χ4v) is 2.53. The van der Waals surface area contributed by atoms with E-state index in [4.69, 9.17) is 4.74 Å². The molecule has 0 radical (unpaired) electrons. The highest BCUT2D eigenvalue weighted by molar-refractivity contribution is 5.92. The molecular weight excluding hydrogens is 324 g/mol. The number of carbonyl (C=O) groups excluding carboxylic acids is 1. The Hall–Kier alpha value is -2.62. The van der Waals surface area contributed by atoms with E-state index in [1.54, 1.807) is 12.4 Å². The minimum absolute atomic E-state index is 0.277. The fraction of sp³-hybridized carbons (Fsp3) is 0.364. The summed E-state index contributed by atoms with van der Waals surface area (Å²) in [4.78, 5) is 19.0. The van der Waals surface area contributed by atoms with Gasteiger partial charge in [0.1, 0.15) is 6.61 Å². The molecule has 2 aromatic carbocycles. The first-order valence-electron chi connectivity index (χ1n) is 8.91. The van der Waals surface area contributed by atoms with Crippen LogP contribution in [-0.2, 0) is 11.3 Å². The van der Waals surface area contributed by atoms with Crippen LogP contribution in [0.2, 0.25) is 0 Å². The first kappa shape index (κ1) is 19.7. The SMILES string of the molecule is CCN(C)/C=N/c1ccc(C(=O)OCc2ccc(C)c(C)c2)c(C)c1C. The van der Waals surface area contributed by atoms with Gasteiger partial charge in [0.25, 0.3) is 0 Å². The highest BCUT2D eigenvalue weighted by Gasteiger charge is 2.14. The number of hydrogen-bond acceptors (Lipinski definition) is 3. The molecule has 0 saturated carbocycles. The second-order valence-corrected chi connectivity index (χ2v) is 6.69. The summed E-state index contributed by atoms with van der Waals surface area (Å²) in [5, 5.41) is 0. The van der Waals surface area contributed by atoms with E-state index in [2.05, 4.69) is 31.8 Å². The number of ether oxygens (including phenoxy) is 1. The standard InChI is InChI=1S/C22H28N2O2/c1-7-24(6)14-23-21-11-10-20(17(4)18(21)5)22(25)26-13-19-9-8-15(2)16(3)12-19/h8-12,14H,7,13H2,1-6H3/b23-14+. The van der Waals surface area contributed by atoms with Crippen molar-refractivity contribution in [2.45, 2.75) is 41.2 Å². The summed E-state index contributed by atoms with van der Waals surface area (Å²) in [5.74, 6) is -0.301. The quantitative estimate of drug-likeness (QED) is 0.422. The first-order chi connectivity index (χ1) is 12.3. The summed E-state index contributed by atoms with van der Waals surface area (Å²) in [7, 11) is 1.98. The molecule has 0 bridgehead atoms. The Bertz CT molecular complexity index is 825. The van der Waals surface area contributed by atoms with Gasteiger partial charge in [0.2, 0.25) is 0 Å². The predicted octanol–water partition coefficient (Wildman–Crippen LogP) is 4.89. The molecule has 138 valence electrons. The summed E-state index contributed by atoms with van der Waals surface area (Å²) in [6.45, 7) is 11.3. The Labute approximate surface area is 156 Å². The third kappa shape index (κ3) is 4.72. The molecule has 0 N–H and O–H groups in total. The zero-order valence-corrected chi connectivity index (χ0v) is 16.6. The average Bonchev–Trinajstić information content (AvgIpc) is 2.63. The molecule has 0 atom stereocenters. The van der Waals surface area contributed by atoms with Crippen molar-refractivity contribution >= 4 is 18.0 Å². The van der Waals surface area contributed by atoms with Gasteiger partial charge in [-0.25, -0.2) is 9.79 Å². The molecule has 0 heterocycles. The number of hydrogen-bond donors (Lipinski definition) is 0. The molecule has 2 rings (SSSR count). The van der Waals surface area contributed by atoms with Gasteiger partial charge in [-0.2, -0.15) is 0 Å². The fourth-order valence-electron chi connectivity index (χ4n) is 2.53. The third-order valence-electron chi connectivity index (χ3n) is 4.81. The lowest BCUT2D eigenvalue weighted by molar-refractivity contribution is 0.0471. The maximum Gasteiger partial charge on any atom is 0.338 e. The van der Waals surface area contributed by atoms with Gasteiger partial charge < -0.3 is 9.64 Å². The number of benzene rings is 2. The smallest absolute Gasteiger partial charge is 0.338 e. The van der Waals surface area contributed by atoms with Crippen LogP contribution < -0.4 is 0 Å². The van der Waals surface area contributed by atoms with E-state index in [0.717, 1.165) is 28.9 Å². The molecular formula is C22H28N2O2. The number of carbonyl (C=O) groups is 1. The van der Waals surface area contributed by atoms with Crippen LogP contribution in [0.3, 0.4) is 0 Å². The normalized spacial score (nSPS) is 11.0. The lowest BCUT2D eigenvalue weighted by Crippen LogP contribution is -2.14. The number of aliphatic imine (C=N–C) groups is 1. The molecule has 0 amide bonds. The van der Waals surface area contributed by atoms with Gasteiger partial charge in [0.15, 0.2) is 0 Å². The number of aryl methyl sites for hydroxylation is 2. The van der Waals surface area contributed by atoms with E-state index < -0.39 is 0 Å². The van der Waals surface area contributed by atoms with Crippen molar-refractivity contribution in [1.29, 1.82) is 0 Å². The number of esters is 1. The second kappa shape index (κ2) is 8.65. The molecule has 0 fully saturated rings. The van der Waals surface area contributed by atoms with Gasteiger partial charge in [0, 0.05) is 13.6 Å². The van der Waals surface area contributed by atoms with Crippen LogP contribution in [-0.4, -0.2) is 30.8 Å². The molecule has 0 unspecified atom stereocenters. The average molecular weight is 352 g/mol. The zero-order valence-electron chi connectivity index (χ0n) is 16.6. The van der Waals surface area contributed by atoms with Crippen molar-refractivity contribution in [3.8, 4) is 0 Å². The van der Waals surface area contributed by atoms with Gasteiger partial charge in [-0.1, -0.05) is 18.2 Å².